The first kappa shape index (κ1) is 8.37. The second kappa shape index (κ2) is 4.99. The van der Waals surface area contributed by atoms with Crippen LogP contribution in [0.3, 0.4) is 0 Å². The van der Waals surface area contributed by atoms with Crippen molar-refractivity contribution in [1.82, 2.24) is 5.32 Å². The molecule has 0 saturated carbocycles. The molecule has 1 saturated heterocycles. The fourth-order valence-corrected chi connectivity index (χ4v) is 2.27. The topological polar surface area (TPSA) is 32.3 Å². The van der Waals surface area contributed by atoms with E-state index in [9.17, 15) is 0 Å². The van der Waals surface area contributed by atoms with Crippen LogP contribution < -0.4 is 5.32 Å². The summed E-state index contributed by atoms with van der Waals surface area (Å²) < 4.78 is 0. The average molecular weight is 161 g/mol. The Morgan fingerprint density at radius 1 is 1.60 bits per heavy atom. The smallest absolute Gasteiger partial charge is 0.0443 e. The van der Waals surface area contributed by atoms with E-state index in [1.807, 2.05) is 11.8 Å². The molecule has 1 fully saturated rings. The summed E-state index contributed by atoms with van der Waals surface area (Å²) in [6.45, 7) is 1.29. The highest BCUT2D eigenvalue weighted by molar-refractivity contribution is 7.99. The monoisotopic (exact) mass is 161 g/mol. The van der Waals surface area contributed by atoms with E-state index in [-0.39, 0.29) is 0 Å². The van der Waals surface area contributed by atoms with Gasteiger partial charge >= 0.3 is 0 Å². The van der Waals surface area contributed by atoms with Gasteiger partial charge in [-0.2, -0.15) is 11.8 Å². The molecule has 0 aromatic heterocycles. The van der Waals surface area contributed by atoms with E-state index in [1.54, 1.807) is 0 Å². The summed E-state index contributed by atoms with van der Waals surface area (Å²) in [5, 5.41) is 11.9. The molecule has 2 N–H and O–H groups in total. The summed E-state index contributed by atoms with van der Waals surface area (Å²) in [4.78, 5) is 0. The molecule has 0 aromatic carbocycles. The summed E-state index contributed by atoms with van der Waals surface area (Å²) in [5.74, 6) is 2.56. The molecule has 1 atom stereocenters. The lowest BCUT2D eigenvalue weighted by atomic mass is 10.2. The Bertz CT molecular complexity index is 83.7. The third-order valence-corrected chi connectivity index (χ3v) is 2.86. The summed E-state index contributed by atoms with van der Waals surface area (Å²) in [6.07, 6.45) is 2.19. The predicted octanol–water partition coefficient (Wildman–Crippen LogP) is 0.464. The van der Waals surface area contributed by atoms with E-state index in [0.29, 0.717) is 6.61 Å². The Kier molecular flexibility index (Phi) is 4.18. The van der Waals surface area contributed by atoms with Crippen molar-refractivity contribution in [1.29, 1.82) is 0 Å². The molecule has 1 aliphatic rings. The number of hydrogen-bond acceptors (Lipinski definition) is 3. The van der Waals surface area contributed by atoms with Crippen LogP contribution >= 0.6 is 11.8 Å². The maximum Gasteiger partial charge on any atom is 0.0443 e. The number of thioether (sulfide) groups is 1. The largest absolute Gasteiger partial charge is 0.396 e. The highest BCUT2D eigenvalue weighted by atomic mass is 32.2. The zero-order valence-electron chi connectivity index (χ0n) is 6.18. The Morgan fingerprint density at radius 2 is 2.50 bits per heavy atom. The number of hydrogen-bond donors (Lipinski definition) is 2. The van der Waals surface area contributed by atoms with Crippen molar-refractivity contribution in [3.63, 3.8) is 0 Å². The van der Waals surface area contributed by atoms with Crippen molar-refractivity contribution in [2.24, 2.45) is 0 Å². The zero-order chi connectivity index (χ0) is 7.23. The minimum Gasteiger partial charge on any atom is -0.396 e. The fraction of sp³-hybridized carbons (Fsp3) is 1.00. The van der Waals surface area contributed by atoms with Crippen LogP contribution in [-0.4, -0.2) is 35.8 Å². The molecule has 0 aromatic rings. The van der Waals surface area contributed by atoms with E-state index >= 15 is 0 Å². The molecule has 0 spiro atoms. The van der Waals surface area contributed by atoms with Gasteiger partial charge in [0.2, 0.25) is 0 Å². The molecule has 1 heterocycles. The van der Waals surface area contributed by atoms with Crippen LogP contribution in [0.15, 0.2) is 0 Å². The van der Waals surface area contributed by atoms with Crippen LogP contribution in [0.1, 0.15) is 12.8 Å². The highest BCUT2D eigenvalue weighted by Crippen LogP contribution is 2.16. The van der Waals surface area contributed by atoms with E-state index in [2.05, 4.69) is 5.32 Å². The zero-order valence-corrected chi connectivity index (χ0v) is 6.99. The van der Waals surface area contributed by atoms with E-state index in [0.717, 1.165) is 19.0 Å². The van der Waals surface area contributed by atoms with Gasteiger partial charge in [-0.25, -0.2) is 0 Å². The second-order valence-electron chi connectivity index (χ2n) is 2.59. The average Bonchev–Trinajstić information content (AvgIpc) is 2.41. The normalized spacial score (nSPS) is 25.5. The van der Waals surface area contributed by atoms with Crippen molar-refractivity contribution in [2.45, 2.75) is 18.9 Å². The number of rotatable bonds is 4. The minimum absolute atomic E-state index is 0.312. The lowest BCUT2D eigenvalue weighted by Gasteiger charge is -2.08. The Morgan fingerprint density at radius 3 is 3.10 bits per heavy atom. The lowest BCUT2D eigenvalue weighted by Crippen LogP contribution is -2.29. The van der Waals surface area contributed by atoms with Crippen LogP contribution in [-0.2, 0) is 0 Å². The summed E-state index contributed by atoms with van der Waals surface area (Å²) in [6, 6.07) is 0.719. The molecule has 1 aliphatic heterocycles. The Hall–Kier alpha value is 0.270. The molecule has 0 aliphatic carbocycles. The Balaban J connectivity index is 1.91. The molecular formula is C7H15NOS. The number of aliphatic hydroxyl groups excluding tert-OH is 1. The van der Waals surface area contributed by atoms with Crippen molar-refractivity contribution in [2.75, 3.05) is 24.7 Å². The van der Waals surface area contributed by atoms with Gasteiger partial charge in [0.05, 0.1) is 0 Å². The summed E-state index contributed by atoms with van der Waals surface area (Å²) >= 11 is 2.02. The van der Waals surface area contributed by atoms with Gasteiger partial charge in [-0.3, -0.25) is 0 Å². The van der Waals surface area contributed by atoms with Gasteiger partial charge in [-0.1, -0.05) is 0 Å². The Labute approximate surface area is 66.4 Å². The van der Waals surface area contributed by atoms with Gasteiger partial charge in [0.1, 0.15) is 0 Å². The molecule has 3 heteroatoms. The quantitative estimate of drug-likeness (QED) is 0.588. The molecule has 2 nitrogen and oxygen atoms in total. The minimum atomic E-state index is 0.312. The predicted molar refractivity (Wildman–Crippen MR) is 45.4 cm³/mol. The van der Waals surface area contributed by atoms with Crippen molar-refractivity contribution in [3.05, 3.63) is 0 Å². The molecule has 1 unspecified atom stereocenters. The molecule has 0 radical (unpaired) electrons. The lowest BCUT2D eigenvalue weighted by molar-refractivity contribution is 0.284. The number of aliphatic hydroxyl groups is 1. The molecule has 0 amide bonds. The second-order valence-corrected chi connectivity index (χ2v) is 3.74. The SMILES string of the molecule is OCCCNC1CCSC1. The van der Waals surface area contributed by atoms with Gasteiger partial charge in [-0.15, -0.1) is 0 Å². The standard InChI is InChI=1S/C7H15NOS/c9-4-1-3-8-7-2-5-10-6-7/h7-9H,1-6H2. The highest BCUT2D eigenvalue weighted by Gasteiger charge is 2.13. The molecule has 60 valence electrons. The van der Waals surface area contributed by atoms with E-state index < -0.39 is 0 Å². The summed E-state index contributed by atoms with van der Waals surface area (Å²) in [5.41, 5.74) is 0. The summed E-state index contributed by atoms with van der Waals surface area (Å²) in [7, 11) is 0. The van der Waals surface area contributed by atoms with Gasteiger partial charge in [0.25, 0.3) is 0 Å². The maximum atomic E-state index is 8.49. The van der Waals surface area contributed by atoms with E-state index in [4.69, 9.17) is 5.11 Å². The molecular weight excluding hydrogens is 146 g/mol. The van der Waals surface area contributed by atoms with E-state index in [1.165, 1.54) is 17.9 Å². The fourth-order valence-electron chi connectivity index (χ4n) is 1.08. The van der Waals surface area contributed by atoms with Crippen LogP contribution in [0.5, 0.6) is 0 Å². The van der Waals surface area contributed by atoms with Gasteiger partial charge in [-0.05, 0) is 25.1 Å². The molecule has 1 rings (SSSR count). The number of nitrogens with one attached hydrogen (secondary N) is 1. The third kappa shape index (κ3) is 2.90. The van der Waals surface area contributed by atoms with Crippen LogP contribution in [0.4, 0.5) is 0 Å². The maximum absolute atomic E-state index is 8.49. The van der Waals surface area contributed by atoms with Gasteiger partial charge in [0.15, 0.2) is 0 Å². The van der Waals surface area contributed by atoms with Crippen molar-refractivity contribution < 1.29 is 5.11 Å². The molecule has 0 bridgehead atoms. The van der Waals surface area contributed by atoms with Crippen LogP contribution in [0.25, 0.3) is 0 Å². The van der Waals surface area contributed by atoms with Crippen LogP contribution in [0, 0.1) is 0 Å². The van der Waals surface area contributed by atoms with Gasteiger partial charge in [0, 0.05) is 18.4 Å². The molecule has 10 heavy (non-hydrogen) atoms. The third-order valence-electron chi connectivity index (χ3n) is 1.70. The first-order valence-corrected chi connectivity index (χ1v) is 5.01. The van der Waals surface area contributed by atoms with Crippen LogP contribution in [0.2, 0.25) is 0 Å². The van der Waals surface area contributed by atoms with Crippen molar-refractivity contribution in [3.8, 4) is 0 Å². The first-order valence-electron chi connectivity index (χ1n) is 3.85. The first-order chi connectivity index (χ1) is 4.93. The van der Waals surface area contributed by atoms with Gasteiger partial charge < -0.3 is 10.4 Å². The van der Waals surface area contributed by atoms with Crippen molar-refractivity contribution >= 4 is 11.8 Å².